The van der Waals surface area contributed by atoms with Crippen molar-refractivity contribution in [3.8, 4) is 5.75 Å². The molecule has 1 heterocycles. The van der Waals surface area contributed by atoms with Crippen LogP contribution in [0.25, 0.3) is 0 Å². The number of urea groups is 1. The maximum Gasteiger partial charge on any atom is 0.322 e. The van der Waals surface area contributed by atoms with Gasteiger partial charge in [0, 0.05) is 36.9 Å². The van der Waals surface area contributed by atoms with Gasteiger partial charge in [-0.15, -0.1) is 0 Å². The highest BCUT2D eigenvalue weighted by Gasteiger charge is 2.22. The number of benzene rings is 2. The first-order valence-electron chi connectivity index (χ1n) is 9.27. The van der Waals surface area contributed by atoms with Crippen molar-refractivity contribution < 1.29 is 9.53 Å². The largest absolute Gasteiger partial charge is 0.489 e. The highest BCUT2D eigenvalue weighted by Crippen LogP contribution is 2.26. The lowest BCUT2D eigenvalue weighted by molar-refractivity contribution is 0.207. The smallest absolute Gasteiger partial charge is 0.322 e. The van der Waals surface area contributed by atoms with Crippen molar-refractivity contribution in [2.75, 3.05) is 36.4 Å². The number of amides is 2. The van der Waals surface area contributed by atoms with Gasteiger partial charge in [-0.1, -0.05) is 29.8 Å². The molecular formula is C21H26ClN3O2. The lowest BCUT2D eigenvalue weighted by atomic mass is 10.2. The first kappa shape index (κ1) is 19.4. The third-order valence-electron chi connectivity index (χ3n) is 4.58. The predicted octanol–water partition coefficient (Wildman–Crippen LogP) is 4.79. The molecule has 0 aliphatic carbocycles. The van der Waals surface area contributed by atoms with Gasteiger partial charge in [-0.3, -0.25) is 0 Å². The van der Waals surface area contributed by atoms with E-state index in [1.54, 1.807) is 0 Å². The van der Waals surface area contributed by atoms with E-state index in [0.717, 1.165) is 29.4 Å². The third-order valence-corrected chi connectivity index (χ3v) is 4.99. The van der Waals surface area contributed by atoms with E-state index in [2.05, 4.69) is 16.3 Å². The number of aryl methyl sites for hydroxylation is 1. The molecule has 0 spiro atoms. The van der Waals surface area contributed by atoms with Gasteiger partial charge in [0.05, 0.1) is 11.8 Å². The first-order valence-corrected chi connectivity index (χ1v) is 9.64. The number of ether oxygens (including phenoxy) is 1. The van der Waals surface area contributed by atoms with Gasteiger partial charge < -0.3 is 19.9 Å². The number of para-hydroxylation sites is 2. The molecule has 1 aliphatic rings. The van der Waals surface area contributed by atoms with Crippen molar-refractivity contribution in [1.82, 2.24) is 4.90 Å². The van der Waals surface area contributed by atoms with Gasteiger partial charge >= 0.3 is 6.03 Å². The topological polar surface area (TPSA) is 44.8 Å². The lowest BCUT2D eigenvalue weighted by Gasteiger charge is -2.36. The van der Waals surface area contributed by atoms with E-state index in [1.165, 1.54) is 0 Å². The highest BCUT2D eigenvalue weighted by molar-refractivity contribution is 6.31. The van der Waals surface area contributed by atoms with Gasteiger partial charge in [0.25, 0.3) is 0 Å². The van der Waals surface area contributed by atoms with Crippen molar-refractivity contribution in [3.63, 3.8) is 0 Å². The zero-order chi connectivity index (χ0) is 19.4. The quantitative estimate of drug-likeness (QED) is 0.820. The van der Waals surface area contributed by atoms with Crippen LogP contribution in [0.5, 0.6) is 5.75 Å². The average Bonchev–Trinajstić information content (AvgIpc) is 2.65. The molecule has 0 saturated carbocycles. The van der Waals surface area contributed by atoms with Gasteiger partial charge in [-0.2, -0.15) is 0 Å². The number of hydrogen-bond acceptors (Lipinski definition) is 3. The summed E-state index contributed by atoms with van der Waals surface area (Å²) >= 11 is 6.24. The van der Waals surface area contributed by atoms with Crippen molar-refractivity contribution in [2.24, 2.45) is 0 Å². The molecule has 0 atom stereocenters. The summed E-state index contributed by atoms with van der Waals surface area (Å²) in [5.74, 6) is 0.689. The van der Waals surface area contributed by atoms with E-state index in [-0.39, 0.29) is 12.1 Å². The zero-order valence-corrected chi connectivity index (χ0v) is 16.8. The molecule has 1 saturated heterocycles. The van der Waals surface area contributed by atoms with Crippen LogP contribution in [0, 0.1) is 6.92 Å². The number of halogens is 1. The molecule has 6 heteroatoms. The molecule has 0 bridgehead atoms. The molecule has 2 aromatic rings. The Bertz CT molecular complexity index is 802. The van der Waals surface area contributed by atoms with E-state index in [1.807, 2.05) is 62.1 Å². The summed E-state index contributed by atoms with van der Waals surface area (Å²) in [6.45, 7) is 8.79. The van der Waals surface area contributed by atoms with Crippen LogP contribution in [0.2, 0.25) is 5.02 Å². The van der Waals surface area contributed by atoms with E-state index < -0.39 is 0 Å². The molecule has 1 N–H and O–H groups in total. The summed E-state index contributed by atoms with van der Waals surface area (Å²) in [6.07, 6.45) is 0.0490. The van der Waals surface area contributed by atoms with Crippen LogP contribution in [0.15, 0.2) is 42.5 Å². The Morgan fingerprint density at radius 2 is 1.81 bits per heavy atom. The third kappa shape index (κ3) is 4.86. The number of nitrogens with one attached hydrogen (secondary N) is 1. The SMILES string of the molecule is Cc1ccc(N2CCN(C(=O)Nc3ccccc3OC(C)C)CC2)cc1Cl. The maximum absolute atomic E-state index is 12.7. The molecule has 2 aromatic carbocycles. The summed E-state index contributed by atoms with van der Waals surface area (Å²) in [5, 5.41) is 3.75. The number of carbonyl (C=O) groups is 1. The molecule has 144 valence electrons. The van der Waals surface area contributed by atoms with Crippen LogP contribution in [0.3, 0.4) is 0 Å². The predicted molar refractivity (Wildman–Crippen MR) is 111 cm³/mol. The molecule has 1 aliphatic heterocycles. The number of piperazine rings is 1. The molecule has 0 unspecified atom stereocenters. The highest BCUT2D eigenvalue weighted by atomic mass is 35.5. The van der Waals surface area contributed by atoms with Crippen molar-refractivity contribution in [1.29, 1.82) is 0 Å². The van der Waals surface area contributed by atoms with Crippen LogP contribution in [-0.4, -0.2) is 43.2 Å². The minimum atomic E-state index is -0.101. The van der Waals surface area contributed by atoms with E-state index in [9.17, 15) is 4.79 Å². The normalized spacial score (nSPS) is 14.4. The molecule has 27 heavy (non-hydrogen) atoms. The zero-order valence-electron chi connectivity index (χ0n) is 16.0. The minimum Gasteiger partial charge on any atom is -0.489 e. The average molecular weight is 388 g/mol. The summed E-state index contributed by atoms with van der Waals surface area (Å²) in [5.41, 5.74) is 2.87. The van der Waals surface area contributed by atoms with Crippen LogP contribution in [0.1, 0.15) is 19.4 Å². The fraction of sp³-hybridized carbons (Fsp3) is 0.381. The summed E-state index contributed by atoms with van der Waals surface area (Å²) in [7, 11) is 0. The maximum atomic E-state index is 12.7. The monoisotopic (exact) mass is 387 g/mol. The van der Waals surface area contributed by atoms with Gasteiger partial charge in [0.1, 0.15) is 5.75 Å². The van der Waals surface area contributed by atoms with Crippen LogP contribution >= 0.6 is 11.6 Å². The summed E-state index contributed by atoms with van der Waals surface area (Å²) in [6, 6.07) is 13.5. The van der Waals surface area contributed by atoms with Gasteiger partial charge in [-0.25, -0.2) is 4.79 Å². The molecule has 0 radical (unpaired) electrons. The number of anilines is 2. The minimum absolute atomic E-state index is 0.0490. The Morgan fingerprint density at radius 1 is 1.11 bits per heavy atom. The Kier molecular flexibility index (Phi) is 6.11. The summed E-state index contributed by atoms with van der Waals surface area (Å²) < 4.78 is 5.78. The van der Waals surface area contributed by atoms with E-state index in [0.29, 0.717) is 24.5 Å². The second-order valence-corrected chi connectivity index (χ2v) is 7.41. The van der Waals surface area contributed by atoms with Crippen molar-refractivity contribution >= 4 is 29.0 Å². The van der Waals surface area contributed by atoms with Crippen LogP contribution < -0.4 is 15.0 Å². The van der Waals surface area contributed by atoms with Gasteiger partial charge in [0.15, 0.2) is 0 Å². The number of nitrogens with zero attached hydrogens (tertiary/aromatic N) is 2. The number of hydrogen-bond donors (Lipinski definition) is 1. The van der Waals surface area contributed by atoms with Crippen molar-refractivity contribution in [3.05, 3.63) is 53.1 Å². The standard InChI is InChI=1S/C21H26ClN3O2/c1-15(2)27-20-7-5-4-6-19(20)23-21(26)25-12-10-24(11-13-25)17-9-8-16(3)18(22)14-17/h4-9,14-15H,10-13H2,1-3H3,(H,23,26). The summed E-state index contributed by atoms with van der Waals surface area (Å²) in [4.78, 5) is 16.8. The van der Waals surface area contributed by atoms with Crippen molar-refractivity contribution in [2.45, 2.75) is 26.9 Å². The van der Waals surface area contributed by atoms with Gasteiger partial charge in [-0.05, 0) is 50.6 Å². The molecule has 0 aromatic heterocycles. The molecule has 5 nitrogen and oxygen atoms in total. The lowest BCUT2D eigenvalue weighted by Crippen LogP contribution is -2.50. The second kappa shape index (κ2) is 8.53. The fourth-order valence-electron chi connectivity index (χ4n) is 3.07. The number of rotatable bonds is 4. The Labute approximate surface area is 165 Å². The Balaban J connectivity index is 1.60. The Morgan fingerprint density at radius 3 is 2.48 bits per heavy atom. The molecule has 2 amide bonds. The molecular weight excluding hydrogens is 362 g/mol. The fourth-order valence-corrected chi connectivity index (χ4v) is 3.24. The molecule has 1 fully saturated rings. The van der Waals surface area contributed by atoms with E-state index >= 15 is 0 Å². The Hall–Kier alpha value is -2.40. The second-order valence-electron chi connectivity index (χ2n) is 7.00. The molecule has 3 rings (SSSR count). The first-order chi connectivity index (χ1) is 12.9. The van der Waals surface area contributed by atoms with Crippen LogP contribution in [0.4, 0.5) is 16.2 Å². The van der Waals surface area contributed by atoms with Crippen LogP contribution in [-0.2, 0) is 0 Å². The van der Waals surface area contributed by atoms with E-state index in [4.69, 9.17) is 16.3 Å². The van der Waals surface area contributed by atoms with Gasteiger partial charge in [0.2, 0.25) is 0 Å². The number of carbonyl (C=O) groups excluding carboxylic acids is 1.